The molecule has 18 heavy (non-hydrogen) atoms. The lowest BCUT2D eigenvalue weighted by atomic mass is 9.91. The van der Waals surface area contributed by atoms with Gasteiger partial charge in [0.2, 0.25) is 0 Å². The molecule has 1 rings (SSSR count). The third-order valence-electron chi connectivity index (χ3n) is 2.72. The molecular formula is C13H19BrN2OS. The summed E-state index contributed by atoms with van der Waals surface area (Å²) in [6, 6.07) is 1.71. The number of aromatic nitrogens is 1. The van der Waals surface area contributed by atoms with Crippen molar-refractivity contribution in [1.29, 1.82) is 0 Å². The van der Waals surface area contributed by atoms with Crippen LogP contribution in [0.2, 0.25) is 0 Å². The molecule has 3 nitrogen and oxygen atoms in total. The molecule has 100 valence electrons. The molecule has 0 spiro atoms. The van der Waals surface area contributed by atoms with Gasteiger partial charge in [0.25, 0.3) is 5.91 Å². The average molecular weight is 331 g/mol. The van der Waals surface area contributed by atoms with Gasteiger partial charge in [0.05, 0.1) is 5.56 Å². The lowest BCUT2D eigenvalue weighted by molar-refractivity contribution is 0.0949. The molecule has 0 bridgehead atoms. The van der Waals surface area contributed by atoms with Gasteiger partial charge in [-0.3, -0.25) is 9.78 Å². The van der Waals surface area contributed by atoms with Crippen molar-refractivity contribution in [2.45, 2.75) is 26.0 Å². The Morgan fingerprint density at radius 3 is 2.72 bits per heavy atom. The lowest BCUT2D eigenvalue weighted by Gasteiger charge is -2.29. The molecular weight excluding hydrogens is 312 g/mol. The van der Waals surface area contributed by atoms with Crippen LogP contribution in [-0.4, -0.2) is 28.9 Å². The number of hydrogen-bond acceptors (Lipinski definition) is 3. The Balaban J connectivity index is 2.64. The van der Waals surface area contributed by atoms with Crippen molar-refractivity contribution in [3.63, 3.8) is 0 Å². The van der Waals surface area contributed by atoms with Crippen LogP contribution < -0.4 is 5.32 Å². The number of hydrogen-bond donors (Lipinski definition) is 1. The molecule has 1 aromatic heterocycles. The van der Waals surface area contributed by atoms with Gasteiger partial charge >= 0.3 is 0 Å². The Bertz CT molecular complexity index is 418. The molecule has 0 saturated carbocycles. The highest BCUT2D eigenvalue weighted by atomic mass is 79.9. The van der Waals surface area contributed by atoms with E-state index >= 15 is 0 Å². The summed E-state index contributed by atoms with van der Waals surface area (Å²) >= 11 is 5.11. The third kappa shape index (κ3) is 4.28. The number of rotatable bonds is 4. The van der Waals surface area contributed by atoms with Crippen molar-refractivity contribution in [1.82, 2.24) is 10.3 Å². The second-order valence-corrected chi connectivity index (χ2v) is 7.05. The second-order valence-electron chi connectivity index (χ2n) is 5.16. The molecule has 1 aromatic rings. The van der Waals surface area contributed by atoms with E-state index in [2.05, 4.69) is 53.3 Å². The van der Waals surface area contributed by atoms with E-state index in [4.69, 9.17) is 0 Å². The fourth-order valence-corrected chi connectivity index (χ4v) is 2.97. The summed E-state index contributed by atoms with van der Waals surface area (Å²) in [4.78, 5) is 16.0. The summed E-state index contributed by atoms with van der Waals surface area (Å²) in [5.41, 5.74) is 0.793. The first kappa shape index (κ1) is 15.5. The maximum Gasteiger partial charge on any atom is 0.252 e. The first-order valence-corrected chi connectivity index (χ1v) is 7.85. The monoisotopic (exact) mass is 330 g/mol. The van der Waals surface area contributed by atoms with E-state index in [-0.39, 0.29) is 11.3 Å². The number of halogens is 1. The van der Waals surface area contributed by atoms with Crippen LogP contribution in [0, 0.1) is 5.41 Å². The van der Waals surface area contributed by atoms with Gasteiger partial charge in [-0.25, -0.2) is 0 Å². The van der Waals surface area contributed by atoms with Crippen molar-refractivity contribution in [2.24, 2.45) is 5.41 Å². The summed E-state index contributed by atoms with van der Waals surface area (Å²) in [6.45, 7) is 7.21. The SMILES string of the molecule is CS[C@@H](CNC(=O)c1ccncc1Br)C(C)(C)C. The summed E-state index contributed by atoms with van der Waals surface area (Å²) in [5.74, 6) is -0.0624. The summed E-state index contributed by atoms with van der Waals surface area (Å²) in [6.07, 6.45) is 5.32. The highest BCUT2D eigenvalue weighted by Crippen LogP contribution is 2.28. The Hall–Kier alpha value is -0.550. The normalized spacial score (nSPS) is 13.2. The number of thioether (sulfide) groups is 1. The van der Waals surface area contributed by atoms with Gasteiger partial charge < -0.3 is 5.32 Å². The van der Waals surface area contributed by atoms with Crippen LogP contribution in [0.1, 0.15) is 31.1 Å². The van der Waals surface area contributed by atoms with E-state index in [1.54, 1.807) is 30.2 Å². The highest BCUT2D eigenvalue weighted by molar-refractivity contribution is 9.10. The fraction of sp³-hybridized carbons (Fsp3) is 0.538. The van der Waals surface area contributed by atoms with Gasteiger partial charge in [-0.1, -0.05) is 20.8 Å². The number of nitrogens with zero attached hydrogens (tertiary/aromatic N) is 1. The molecule has 0 saturated heterocycles. The van der Waals surface area contributed by atoms with Gasteiger partial charge in [0, 0.05) is 28.7 Å². The quantitative estimate of drug-likeness (QED) is 0.920. The Morgan fingerprint density at radius 2 is 2.22 bits per heavy atom. The van der Waals surface area contributed by atoms with E-state index in [9.17, 15) is 4.79 Å². The first-order valence-electron chi connectivity index (χ1n) is 5.76. The minimum Gasteiger partial charge on any atom is -0.351 e. The highest BCUT2D eigenvalue weighted by Gasteiger charge is 2.24. The van der Waals surface area contributed by atoms with Gasteiger partial charge in [0.1, 0.15) is 0 Å². The zero-order valence-electron chi connectivity index (χ0n) is 11.2. The maximum absolute atomic E-state index is 12.0. The molecule has 0 unspecified atom stereocenters. The van der Waals surface area contributed by atoms with Crippen molar-refractivity contribution in [3.05, 3.63) is 28.5 Å². The number of carbonyl (C=O) groups is 1. The zero-order valence-corrected chi connectivity index (χ0v) is 13.6. The number of pyridine rings is 1. The Labute approximate surface area is 121 Å². The van der Waals surface area contributed by atoms with Crippen LogP contribution in [0.5, 0.6) is 0 Å². The van der Waals surface area contributed by atoms with Gasteiger partial charge in [0.15, 0.2) is 0 Å². The number of carbonyl (C=O) groups excluding carboxylic acids is 1. The molecule has 0 aromatic carbocycles. The van der Waals surface area contributed by atoms with Crippen LogP contribution >= 0.6 is 27.7 Å². The summed E-state index contributed by atoms with van der Waals surface area (Å²) in [7, 11) is 0. The van der Waals surface area contributed by atoms with E-state index < -0.39 is 0 Å². The number of amides is 1. The minimum absolute atomic E-state index is 0.0624. The number of nitrogens with one attached hydrogen (secondary N) is 1. The topological polar surface area (TPSA) is 42.0 Å². The van der Waals surface area contributed by atoms with E-state index in [0.29, 0.717) is 17.4 Å². The molecule has 0 aliphatic rings. The largest absolute Gasteiger partial charge is 0.351 e. The van der Waals surface area contributed by atoms with Crippen molar-refractivity contribution >= 4 is 33.6 Å². The summed E-state index contributed by atoms with van der Waals surface area (Å²) < 4.78 is 0.721. The Kier molecular flexibility index (Phi) is 5.66. The van der Waals surface area contributed by atoms with E-state index in [1.807, 2.05) is 0 Å². The standard InChI is InChI=1S/C13H19BrN2OS/c1-13(2,3)11(18-4)8-16-12(17)9-5-6-15-7-10(9)14/h5-7,11H,8H2,1-4H3,(H,16,17)/t11-/m0/s1. The molecule has 0 fully saturated rings. The van der Waals surface area contributed by atoms with Gasteiger partial charge in [-0.2, -0.15) is 11.8 Å². The van der Waals surface area contributed by atoms with Crippen LogP contribution in [0.25, 0.3) is 0 Å². The first-order chi connectivity index (χ1) is 8.36. The van der Waals surface area contributed by atoms with Crippen molar-refractivity contribution in [2.75, 3.05) is 12.8 Å². The minimum atomic E-state index is -0.0624. The van der Waals surface area contributed by atoms with Gasteiger partial charge in [-0.05, 0) is 33.7 Å². The van der Waals surface area contributed by atoms with Crippen LogP contribution in [-0.2, 0) is 0 Å². The second kappa shape index (κ2) is 6.57. The molecule has 5 heteroatoms. The summed E-state index contributed by atoms with van der Waals surface area (Å²) in [5, 5.41) is 3.37. The van der Waals surface area contributed by atoms with Crippen LogP contribution in [0.15, 0.2) is 22.9 Å². The van der Waals surface area contributed by atoms with Gasteiger partial charge in [-0.15, -0.1) is 0 Å². The molecule has 1 atom stereocenters. The molecule has 0 radical (unpaired) electrons. The zero-order chi connectivity index (χ0) is 13.8. The van der Waals surface area contributed by atoms with Crippen LogP contribution in [0.3, 0.4) is 0 Å². The maximum atomic E-state index is 12.0. The average Bonchev–Trinajstić information content (AvgIpc) is 2.28. The van der Waals surface area contributed by atoms with Crippen molar-refractivity contribution < 1.29 is 4.79 Å². The predicted octanol–water partition coefficient (Wildman–Crippen LogP) is 3.35. The lowest BCUT2D eigenvalue weighted by Crippen LogP contribution is -2.37. The molecule has 0 aliphatic heterocycles. The Morgan fingerprint density at radius 1 is 1.56 bits per heavy atom. The predicted molar refractivity (Wildman–Crippen MR) is 81.0 cm³/mol. The molecule has 1 amide bonds. The van der Waals surface area contributed by atoms with Crippen LogP contribution in [0.4, 0.5) is 0 Å². The molecule has 1 heterocycles. The van der Waals surface area contributed by atoms with E-state index in [0.717, 1.165) is 4.47 Å². The van der Waals surface area contributed by atoms with Crippen molar-refractivity contribution in [3.8, 4) is 0 Å². The fourth-order valence-electron chi connectivity index (χ4n) is 1.58. The van der Waals surface area contributed by atoms with E-state index in [1.165, 1.54) is 0 Å². The third-order valence-corrected chi connectivity index (χ3v) is 4.79. The smallest absolute Gasteiger partial charge is 0.252 e. The molecule has 1 N–H and O–H groups in total. The molecule has 0 aliphatic carbocycles.